The van der Waals surface area contributed by atoms with Crippen molar-refractivity contribution in [1.82, 2.24) is 4.90 Å². The summed E-state index contributed by atoms with van der Waals surface area (Å²) < 4.78 is 41.7. The van der Waals surface area contributed by atoms with Crippen LogP contribution in [0.1, 0.15) is 15.2 Å². The Morgan fingerprint density at radius 3 is 2.44 bits per heavy atom. The van der Waals surface area contributed by atoms with Crippen molar-refractivity contribution in [3.63, 3.8) is 0 Å². The second kappa shape index (κ2) is 8.39. The molecule has 0 aliphatic carbocycles. The first-order valence-corrected chi connectivity index (χ1v) is 8.73. The fourth-order valence-electron chi connectivity index (χ4n) is 1.84. The van der Waals surface area contributed by atoms with Gasteiger partial charge in [-0.1, -0.05) is 6.07 Å². The number of esters is 1. The van der Waals surface area contributed by atoms with Crippen LogP contribution in [0, 0.1) is 0 Å². The first-order chi connectivity index (χ1) is 11.7. The molecule has 134 valence electrons. The average molecular weight is 389 g/mol. The lowest BCUT2D eigenvalue weighted by Crippen LogP contribution is -2.30. The molecule has 0 aliphatic heterocycles. The Labute approximate surface area is 150 Å². The topological polar surface area (TPSA) is 46.6 Å². The highest BCUT2D eigenvalue weighted by Gasteiger charge is 2.29. The minimum absolute atomic E-state index is 0.0317. The van der Waals surface area contributed by atoms with Gasteiger partial charge in [-0.2, -0.15) is 13.2 Å². The number of hydrogen-bond acceptors (Lipinski definition) is 5. The van der Waals surface area contributed by atoms with Gasteiger partial charge in [0.15, 0.2) is 6.61 Å². The Hall–Kier alpha value is -2.00. The number of nitrogens with zero attached hydrogens (tertiary/aromatic N) is 1. The van der Waals surface area contributed by atoms with Gasteiger partial charge >= 0.3 is 11.5 Å². The molecule has 1 aromatic carbocycles. The molecule has 0 N–H and O–H groups in total. The van der Waals surface area contributed by atoms with E-state index in [1.165, 1.54) is 40.5 Å². The number of alkyl halides is 3. The molecule has 0 saturated heterocycles. The Balaban J connectivity index is 1.84. The maximum atomic E-state index is 12.3. The van der Waals surface area contributed by atoms with Crippen molar-refractivity contribution < 1.29 is 27.5 Å². The maximum absolute atomic E-state index is 12.3. The van der Waals surface area contributed by atoms with Crippen molar-refractivity contribution >= 4 is 35.0 Å². The second-order valence-corrected chi connectivity index (χ2v) is 7.15. The number of hydrogen-bond donors (Lipinski definition) is 0. The number of thioether (sulfide) groups is 1. The van der Waals surface area contributed by atoms with Crippen LogP contribution in [0.15, 0.2) is 46.7 Å². The summed E-state index contributed by atoms with van der Waals surface area (Å²) in [7, 11) is 1.60. The monoisotopic (exact) mass is 389 g/mol. The van der Waals surface area contributed by atoms with Gasteiger partial charge in [-0.05, 0) is 47.5 Å². The van der Waals surface area contributed by atoms with E-state index >= 15 is 0 Å². The number of carbonyl (C=O) groups excluding carboxylic acids is 2. The third kappa shape index (κ3) is 6.43. The largest absolute Gasteiger partial charge is 0.452 e. The minimum Gasteiger partial charge on any atom is -0.452 e. The zero-order chi connectivity index (χ0) is 18.4. The molecule has 0 spiro atoms. The van der Waals surface area contributed by atoms with Gasteiger partial charge < -0.3 is 9.64 Å². The van der Waals surface area contributed by atoms with Crippen molar-refractivity contribution in [2.45, 2.75) is 16.9 Å². The number of carbonyl (C=O) groups is 2. The van der Waals surface area contributed by atoms with Crippen molar-refractivity contribution in [3.05, 3.63) is 52.2 Å². The van der Waals surface area contributed by atoms with E-state index in [9.17, 15) is 22.8 Å². The normalized spacial score (nSPS) is 11.2. The first-order valence-electron chi connectivity index (χ1n) is 7.04. The molecule has 1 amide bonds. The molecule has 0 radical (unpaired) electrons. The first kappa shape index (κ1) is 19.3. The smallest absolute Gasteiger partial charge is 0.446 e. The molecule has 0 unspecified atom stereocenters. The number of benzene rings is 1. The van der Waals surface area contributed by atoms with E-state index in [0.717, 1.165) is 4.88 Å². The molecule has 1 aromatic heterocycles. The highest BCUT2D eigenvalue weighted by molar-refractivity contribution is 8.00. The number of amides is 1. The molecular weight excluding hydrogens is 375 g/mol. The van der Waals surface area contributed by atoms with Crippen molar-refractivity contribution in [1.29, 1.82) is 0 Å². The lowest BCUT2D eigenvalue weighted by atomic mass is 10.2. The number of ether oxygens (including phenoxy) is 1. The van der Waals surface area contributed by atoms with Crippen molar-refractivity contribution in [2.75, 3.05) is 13.7 Å². The van der Waals surface area contributed by atoms with Crippen LogP contribution < -0.4 is 0 Å². The maximum Gasteiger partial charge on any atom is 0.446 e. The summed E-state index contributed by atoms with van der Waals surface area (Å²) in [5.74, 6) is -1.13. The molecule has 0 bridgehead atoms. The third-order valence-corrected chi connectivity index (χ3v) is 4.65. The van der Waals surface area contributed by atoms with E-state index in [1.54, 1.807) is 7.05 Å². The second-order valence-electron chi connectivity index (χ2n) is 4.98. The Kier molecular flexibility index (Phi) is 6.49. The fourth-order valence-corrected chi connectivity index (χ4v) is 3.13. The van der Waals surface area contributed by atoms with Gasteiger partial charge in [-0.25, -0.2) is 4.79 Å². The van der Waals surface area contributed by atoms with Crippen LogP contribution in [0.25, 0.3) is 0 Å². The van der Waals surface area contributed by atoms with E-state index < -0.39 is 18.1 Å². The van der Waals surface area contributed by atoms with Crippen molar-refractivity contribution in [3.8, 4) is 0 Å². The van der Waals surface area contributed by atoms with Gasteiger partial charge in [0.05, 0.1) is 12.1 Å². The van der Waals surface area contributed by atoms with Crippen molar-refractivity contribution in [2.24, 2.45) is 0 Å². The fraction of sp³-hybridized carbons (Fsp3) is 0.250. The number of halogens is 3. The zero-order valence-corrected chi connectivity index (χ0v) is 14.7. The molecule has 9 heteroatoms. The average Bonchev–Trinajstić information content (AvgIpc) is 3.04. The number of likely N-dealkylation sites (N-methyl/N-ethyl adjacent to an activating group) is 1. The summed E-state index contributed by atoms with van der Waals surface area (Å²) in [6, 6.07) is 8.59. The van der Waals surface area contributed by atoms with Crippen LogP contribution in [0.2, 0.25) is 0 Å². The summed E-state index contributed by atoms with van der Waals surface area (Å²) in [5.41, 5.74) is -4.30. The molecule has 0 saturated carbocycles. The highest BCUT2D eigenvalue weighted by atomic mass is 32.2. The number of thiophene rings is 1. The van der Waals surface area contributed by atoms with Crippen LogP contribution in [0.3, 0.4) is 0 Å². The van der Waals surface area contributed by atoms with Gasteiger partial charge in [0.25, 0.3) is 5.91 Å². The van der Waals surface area contributed by atoms with Crippen LogP contribution in [-0.4, -0.2) is 35.9 Å². The lowest BCUT2D eigenvalue weighted by Gasteiger charge is -2.16. The van der Waals surface area contributed by atoms with Gasteiger partial charge in [0, 0.05) is 16.8 Å². The number of rotatable bonds is 6. The van der Waals surface area contributed by atoms with E-state index in [0.29, 0.717) is 6.54 Å². The molecule has 0 aliphatic rings. The molecule has 4 nitrogen and oxygen atoms in total. The Morgan fingerprint density at radius 2 is 1.88 bits per heavy atom. The molecular formula is C16H14F3NO3S2. The molecule has 2 rings (SSSR count). The van der Waals surface area contributed by atoms with Gasteiger partial charge in [0.1, 0.15) is 0 Å². The molecule has 0 fully saturated rings. The highest BCUT2D eigenvalue weighted by Crippen LogP contribution is 2.36. The van der Waals surface area contributed by atoms with Crippen LogP contribution in [-0.2, 0) is 16.1 Å². The minimum atomic E-state index is -4.39. The van der Waals surface area contributed by atoms with Crippen LogP contribution >= 0.6 is 23.1 Å². The predicted octanol–water partition coefficient (Wildman–Crippen LogP) is 4.18. The summed E-state index contributed by atoms with van der Waals surface area (Å²) in [6.07, 6.45) is 0. The predicted molar refractivity (Wildman–Crippen MR) is 89.4 cm³/mol. The summed E-state index contributed by atoms with van der Waals surface area (Å²) >= 11 is 1.24. The van der Waals surface area contributed by atoms with Gasteiger partial charge in [-0.15, -0.1) is 11.3 Å². The van der Waals surface area contributed by atoms with E-state index in [-0.39, 0.29) is 28.1 Å². The van der Waals surface area contributed by atoms with E-state index in [1.807, 2.05) is 17.5 Å². The summed E-state index contributed by atoms with van der Waals surface area (Å²) in [4.78, 5) is 26.2. The molecule has 2 aromatic rings. The standard InChI is InChI=1S/C16H14F3NO3S2/c1-20(9-13-3-2-8-24-13)14(21)10-23-15(22)11-4-6-12(7-5-11)25-16(17,18)19/h2-8H,9-10H2,1H3. The lowest BCUT2D eigenvalue weighted by molar-refractivity contribution is -0.133. The SMILES string of the molecule is CN(Cc1cccs1)C(=O)COC(=O)c1ccc(SC(F)(F)F)cc1. The quantitative estimate of drug-likeness (QED) is 0.549. The van der Waals surface area contributed by atoms with E-state index in [4.69, 9.17) is 4.74 Å². The zero-order valence-electron chi connectivity index (χ0n) is 13.1. The summed E-state index contributed by atoms with van der Waals surface area (Å²) in [6.45, 7) is -0.0167. The third-order valence-electron chi connectivity index (χ3n) is 3.05. The van der Waals surface area contributed by atoms with E-state index in [2.05, 4.69) is 0 Å². The van der Waals surface area contributed by atoms with Gasteiger partial charge in [-0.3, -0.25) is 4.79 Å². The van der Waals surface area contributed by atoms with Crippen LogP contribution in [0.5, 0.6) is 0 Å². The summed E-state index contributed by atoms with van der Waals surface area (Å²) in [5, 5.41) is 1.90. The molecule has 25 heavy (non-hydrogen) atoms. The Morgan fingerprint density at radius 1 is 1.20 bits per heavy atom. The molecule has 0 atom stereocenters. The molecule has 1 heterocycles. The Bertz CT molecular complexity index is 715. The van der Waals surface area contributed by atoms with Gasteiger partial charge in [0.2, 0.25) is 0 Å². The van der Waals surface area contributed by atoms with Crippen LogP contribution in [0.4, 0.5) is 13.2 Å².